The Hall–Kier alpha value is -0.840. The largest absolute Gasteiger partial charge is 0.349 e. The van der Waals surface area contributed by atoms with Crippen molar-refractivity contribution in [3.05, 3.63) is 33.5 Å². The van der Waals surface area contributed by atoms with Gasteiger partial charge in [0, 0.05) is 33.3 Å². The molecule has 1 aromatic heterocycles. The van der Waals surface area contributed by atoms with Crippen molar-refractivity contribution in [2.45, 2.75) is 0 Å². The minimum Gasteiger partial charge on any atom is -0.349 e. The summed E-state index contributed by atoms with van der Waals surface area (Å²) < 4.78 is 3.25. The lowest BCUT2D eigenvalue weighted by atomic mass is 10.2. The molecule has 66 valence electrons. The van der Waals surface area contributed by atoms with Gasteiger partial charge in [-0.25, -0.2) is 0 Å². The number of rotatable bonds is 1. The van der Waals surface area contributed by atoms with E-state index in [-0.39, 0.29) is 0 Å². The quantitative estimate of drug-likeness (QED) is 0.583. The molecule has 2 nitrogen and oxygen atoms in total. The average molecular weight is 285 g/mol. The van der Waals surface area contributed by atoms with Gasteiger partial charge in [0.1, 0.15) is 6.29 Å². The van der Waals surface area contributed by atoms with Gasteiger partial charge in [-0.3, -0.25) is 4.79 Å². The molecule has 3 heteroatoms. The number of benzene rings is 1. The molecule has 1 heterocycles. The summed E-state index contributed by atoms with van der Waals surface area (Å²) in [7, 11) is 1.99. The van der Waals surface area contributed by atoms with E-state index in [0.717, 1.165) is 17.4 Å². The van der Waals surface area contributed by atoms with Gasteiger partial charge in [0.05, 0.1) is 0 Å². The number of aromatic nitrogens is 1. The number of hydrogen-bond donors (Lipinski definition) is 0. The molecule has 0 aliphatic heterocycles. The smallest absolute Gasteiger partial charge is 0.150 e. The predicted octanol–water partition coefficient (Wildman–Crippen LogP) is 2.60. The van der Waals surface area contributed by atoms with Crippen molar-refractivity contribution >= 4 is 39.8 Å². The second kappa shape index (κ2) is 3.14. The summed E-state index contributed by atoms with van der Waals surface area (Å²) in [6.07, 6.45) is 2.93. The first-order valence-electron chi connectivity index (χ1n) is 3.92. The van der Waals surface area contributed by atoms with Crippen LogP contribution in [0.25, 0.3) is 10.9 Å². The normalized spacial score (nSPS) is 10.6. The van der Waals surface area contributed by atoms with Crippen LogP contribution < -0.4 is 0 Å². The lowest BCUT2D eigenvalue weighted by molar-refractivity contribution is 0.112. The molecule has 2 rings (SSSR count). The van der Waals surface area contributed by atoms with Crippen LogP contribution >= 0.6 is 22.6 Å². The van der Waals surface area contributed by atoms with Crippen molar-refractivity contribution < 1.29 is 4.79 Å². The molecule has 13 heavy (non-hydrogen) atoms. The SMILES string of the molecule is Cn1cc(I)c2ccc(C=O)cc21. The molecule has 0 bridgehead atoms. The lowest BCUT2D eigenvalue weighted by Gasteiger charge is -1.96. The maximum Gasteiger partial charge on any atom is 0.150 e. The fourth-order valence-corrected chi connectivity index (χ4v) is 2.30. The highest BCUT2D eigenvalue weighted by atomic mass is 127. The van der Waals surface area contributed by atoms with Gasteiger partial charge < -0.3 is 4.57 Å². The molecular weight excluding hydrogens is 277 g/mol. The second-order valence-corrected chi connectivity index (χ2v) is 4.14. The molecule has 0 saturated heterocycles. The lowest BCUT2D eigenvalue weighted by Crippen LogP contribution is -1.85. The number of aryl methyl sites for hydroxylation is 1. The van der Waals surface area contributed by atoms with Gasteiger partial charge in [-0.05, 0) is 28.7 Å². The Balaban J connectivity index is 2.83. The third kappa shape index (κ3) is 1.37. The summed E-state index contributed by atoms with van der Waals surface area (Å²) in [6.45, 7) is 0. The Bertz CT molecular complexity index is 473. The number of hydrogen-bond acceptors (Lipinski definition) is 1. The van der Waals surface area contributed by atoms with E-state index < -0.39 is 0 Å². The Labute approximate surface area is 89.7 Å². The third-order valence-corrected chi connectivity index (χ3v) is 2.96. The van der Waals surface area contributed by atoms with Gasteiger partial charge in [0.15, 0.2) is 0 Å². The monoisotopic (exact) mass is 285 g/mol. The van der Waals surface area contributed by atoms with Crippen LogP contribution in [0.1, 0.15) is 10.4 Å². The van der Waals surface area contributed by atoms with Gasteiger partial charge in [-0.15, -0.1) is 0 Å². The number of carbonyl (C=O) groups is 1. The zero-order valence-electron chi connectivity index (χ0n) is 7.12. The zero-order valence-corrected chi connectivity index (χ0v) is 9.28. The predicted molar refractivity (Wildman–Crippen MR) is 61.0 cm³/mol. The van der Waals surface area contributed by atoms with Gasteiger partial charge in [-0.2, -0.15) is 0 Å². The molecule has 0 amide bonds. The molecule has 1 aromatic carbocycles. The van der Waals surface area contributed by atoms with Gasteiger partial charge in [-0.1, -0.05) is 12.1 Å². The molecular formula is C10H8INO. The number of aldehydes is 1. The van der Waals surface area contributed by atoms with Crippen LogP contribution in [0, 0.1) is 3.57 Å². The fourth-order valence-electron chi connectivity index (χ4n) is 1.42. The summed E-state index contributed by atoms with van der Waals surface area (Å²) in [5.41, 5.74) is 1.83. The third-order valence-electron chi connectivity index (χ3n) is 2.10. The van der Waals surface area contributed by atoms with Crippen LogP contribution in [0.4, 0.5) is 0 Å². The second-order valence-electron chi connectivity index (χ2n) is 2.98. The van der Waals surface area contributed by atoms with Crippen molar-refractivity contribution in [3.8, 4) is 0 Å². The van der Waals surface area contributed by atoms with Gasteiger partial charge >= 0.3 is 0 Å². The van der Waals surface area contributed by atoms with E-state index in [9.17, 15) is 4.79 Å². The molecule has 0 unspecified atom stereocenters. The van der Waals surface area contributed by atoms with Crippen LogP contribution in [-0.4, -0.2) is 10.9 Å². The number of nitrogens with zero attached hydrogens (tertiary/aromatic N) is 1. The van der Waals surface area contributed by atoms with Gasteiger partial charge in [0.25, 0.3) is 0 Å². The van der Waals surface area contributed by atoms with Crippen LogP contribution in [-0.2, 0) is 7.05 Å². The summed E-state index contributed by atoms with van der Waals surface area (Å²) in [5, 5.41) is 1.20. The fraction of sp³-hybridized carbons (Fsp3) is 0.100. The van der Waals surface area contributed by atoms with Crippen molar-refractivity contribution in [2.75, 3.05) is 0 Å². The Kier molecular flexibility index (Phi) is 2.11. The molecule has 0 radical (unpaired) electrons. The van der Waals surface area contributed by atoms with E-state index in [1.54, 1.807) is 0 Å². The summed E-state index contributed by atoms with van der Waals surface area (Å²) in [5.74, 6) is 0. The van der Waals surface area contributed by atoms with Crippen molar-refractivity contribution in [1.82, 2.24) is 4.57 Å². The number of halogens is 1. The first-order chi connectivity index (χ1) is 6.22. The highest BCUT2D eigenvalue weighted by molar-refractivity contribution is 14.1. The molecule has 0 spiro atoms. The van der Waals surface area contributed by atoms with E-state index in [0.29, 0.717) is 0 Å². The average Bonchev–Trinajstić information content (AvgIpc) is 2.42. The molecule has 0 aliphatic carbocycles. The Morgan fingerprint density at radius 1 is 1.46 bits per heavy atom. The summed E-state index contributed by atoms with van der Waals surface area (Å²) in [6, 6.07) is 5.74. The van der Waals surface area contributed by atoms with E-state index in [1.165, 1.54) is 8.96 Å². The molecule has 0 saturated carbocycles. The van der Waals surface area contributed by atoms with Crippen LogP contribution in [0.15, 0.2) is 24.4 Å². The van der Waals surface area contributed by atoms with Gasteiger partial charge in [0.2, 0.25) is 0 Å². The number of carbonyl (C=O) groups excluding carboxylic acids is 1. The van der Waals surface area contributed by atoms with Crippen LogP contribution in [0.3, 0.4) is 0 Å². The first-order valence-corrected chi connectivity index (χ1v) is 5.00. The summed E-state index contributed by atoms with van der Waals surface area (Å²) in [4.78, 5) is 10.6. The van der Waals surface area contributed by atoms with E-state index in [2.05, 4.69) is 28.8 Å². The Morgan fingerprint density at radius 2 is 2.23 bits per heavy atom. The minimum absolute atomic E-state index is 0.727. The molecule has 0 aliphatic rings. The van der Waals surface area contributed by atoms with E-state index >= 15 is 0 Å². The standard InChI is InChI=1S/C10H8INO/c1-12-5-9(11)8-3-2-7(6-13)4-10(8)12/h2-6H,1H3. The molecule has 2 aromatic rings. The van der Waals surface area contributed by atoms with Crippen molar-refractivity contribution in [2.24, 2.45) is 7.05 Å². The zero-order chi connectivity index (χ0) is 9.42. The number of fused-ring (bicyclic) bond motifs is 1. The molecule has 0 fully saturated rings. The van der Waals surface area contributed by atoms with Crippen molar-refractivity contribution in [3.63, 3.8) is 0 Å². The molecule has 0 N–H and O–H groups in total. The topological polar surface area (TPSA) is 22.0 Å². The van der Waals surface area contributed by atoms with Crippen LogP contribution in [0.2, 0.25) is 0 Å². The van der Waals surface area contributed by atoms with Crippen LogP contribution in [0.5, 0.6) is 0 Å². The van der Waals surface area contributed by atoms with Crippen molar-refractivity contribution in [1.29, 1.82) is 0 Å². The maximum absolute atomic E-state index is 10.6. The highest BCUT2D eigenvalue weighted by Crippen LogP contribution is 2.22. The Morgan fingerprint density at radius 3 is 2.92 bits per heavy atom. The highest BCUT2D eigenvalue weighted by Gasteiger charge is 2.03. The van der Waals surface area contributed by atoms with E-state index in [4.69, 9.17) is 0 Å². The first kappa shape index (κ1) is 8.74. The van der Waals surface area contributed by atoms with E-state index in [1.807, 2.05) is 29.8 Å². The molecule has 0 atom stereocenters. The maximum atomic E-state index is 10.6. The minimum atomic E-state index is 0.727. The summed E-state index contributed by atoms with van der Waals surface area (Å²) >= 11 is 2.29.